The molecule has 116 valence electrons. The van der Waals surface area contributed by atoms with Gasteiger partial charge in [0.05, 0.1) is 0 Å². The van der Waals surface area contributed by atoms with Crippen molar-refractivity contribution in [2.45, 2.75) is 19.9 Å². The van der Waals surface area contributed by atoms with Crippen LogP contribution in [0.3, 0.4) is 0 Å². The van der Waals surface area contributed by atoms with Crippen LogP contribution in [-0.2, 0) is 0 Å². The Labute approximate surface area is 134 Å². The van der Waals surface area contributed by atoms with E-state index in [1.165, 1.54) is 0 Å². The molecule has 1 amide bonds. The Balaban J connectivity index is 1.92. The third kappa shape index (κ3) is 3.45. The summed E-state index contributed by atoms with van der Waals surface area (Å²) in [6.07, 6.45) is 0. The quantitative estimate of drug-likeness (QED) is 0.803. The number of aryl methyl sites for hydroxylation is 2. The zero-order valence-electron chi connectivity index (χ0n) is 13.0. The van der Waals surface area contributed by atoms with E-state index in [4.69, 9.17) is 4.52 Å². The van der Waals surface area contributed by atoms with Crippen LogP contribution >= 0.6 is 0 Å². The van der Waals surface area contributed by atoms with Gasteiger partial charge in [-0.3, -0.25) is 4.79 Å². The highest BCUT2D eigenvalue weighted by Gasteiger charge is 2.23. The standard InChI is InChI=1S/C18H17N3O2/c1-12-7-6-10-15(11-12)17(22)20-16(14-8-4-3-5-9-14)18-19-13(2)21-23-18/h3-11,16H,1-2H3,(H,20,22). The Morgan fingerprint density at radius 1 is 1.09 bits per heavy atom. The fourth-order valence-corrected chi connectivity index (χ4v) is 2.36. The fourth-order valence-electron chi connectivity index (χ4n) is 2.36. The number of hydrogen-bond donors (Lipinski definition) is 1. The number of aromatic nitrogens is 2. The van der Waals surface area contributed by atoms with Gasteiger partial charge in [0.25, 0.3) is 11.8 Å². The lowest BCUT2D eigenvalue weighted by Gasteiger charge is -2.15. The molecule has 0 bridgehead atoms. The SMILES string of the molecule is Cc1cccc(C(=O)NC(c2ccccc2)c2nc(C)no2)c1. The van der Waals surface area contributed by atoms with Crippen LogP contribution in [0.15, 0.2) is 59.1 Å². The molecular formula is C18H17N3O2. The number of amides is 1. The molecule has 2 aromatic carbocycles. The van der Waals surface area contributed by atoms with Crippen LogP contribution in [0.4, 0.5) is 0 Å². The summed E-state index contributed by atoms with van der Waals surface area (Å²) in [5, 5.41) is 6.79. The first kappa shape index (κ1) is 15.0. The Morgan fingerprint density at radius 3 is 2.52 bits per heavy atom. The van der Waals surface area contributed by atoms with Crippen molar-refractivity contribution in [2.75, 3.05) is 0 Å². The number of nitrogens with zero attached hydrogens (tertiary/aromatic N) is 2. The average Bonchev–Trinajstić information content (AvgIpc) is 2.99. The average molecular weight is 307 g/mol. The second kappa shape index (κ2) is 6.44. The minimum Gasteiger partial charge on any atom is -0.337 e. The van der Waals surface area contributed by atoms with Gasteiger partial charge in [0.15, 0.2) is 5.82 Å². The van der Waals surface area contributed by atoms with Gasteiger partial charge >= 0.3 is 0 Å². The van der Waals surface area contributed by atoms with E-state index >= 15 is 0 Å². The summed E-state index contributed by atoms with van der Waals surface area (Å²) in [5.41, 5.74) is 2.52. The lowest BCUT2D eigenvalue weighted by Crippen LogP contribution is -2.29. The predicted octanol–water partition coefficient (Wildman–Crippen LogP) is 3.21. The lowest BCUT2D eigenvalue weighted by molar-refractivity contribution is 0.0936. The lowest BCUT2D eigenvalue weighted by atomic mass is 10.1. The summed E-state index contributed by atoms with van der Waals surface area (Å²) in [4.78, 5) is 16.8. The van der Waals surface area contributed by atoms with E-state index in [0.29, 0.717) is 17.3 Å². The molecule has 3 rings (SSSR count). The first-order valence-corrected chi connectivity index (χ1v) is 7.36. The van der Waals surface area contributed by atoms with Gasteiger partial charge in [-0.05, 0) is 31.5 Å². The highest BCUT2D eigenvalue weighted by atomic mass is 16.5. The molecule has 0 saturated heterocycles. The van der Waals surface area contributed by atoms with E-state index in [1.807, 2.05) is 55.5 Å². The topological polar surface area (TPSA) is 68.0 Å². The van der Waals surface area contributed by atoms with Gasteiger partial charge < -0.3 is 9.84 Å². The number of nitrogens with one attached hydrogen (secondary N) is 1. The fraction of sp³-hybridized carbons (Fsp3) is 0.167. The van der Waals surface area contributed by atoms with Crippen molar-refractivity contribution in [3.8, 4) is 0 Å². The molecule has 5 nitrogen and oxygen atoms in total. The molecule has 0 aliphatic rings. The van der Waals surface area contributed by atoms with Gasteiger partial charge in [0, 0.05) is 5.56 Å². The highest BCUT2D eigenvalue weighted by Crippen LogP contribution is 2.21. The van der Waals surface area contributed by atoms with Crippen molar-refractivity contribution in [3.63, 3.8) is 0 Å². The second-order valence-corrected chi connectivity index (χ2v) is 5.37. The maximum absolute atomic E-state index is 12.6. The molecular weight excluding hydrogens is 290 g/mol. The first-order chi connectivity index (χ1) is 11.1. The van der Waals surface area contributed by atoms with E-state index in [9.17, 15) is 4.79 Å². The first-order valence-electron chi connectivity index (χ1n) is 7.36. The van der Waals surface area contributed by atoms with Gasteiger partial charge in [-0.1, -0.05) is 53.2 Å². The molecule has 0 aliphatic carbocycles. The Bertz CT molecular complexity index is 812. The summed E-state index contributed by atoms with van der Waals surface area (Å²) < 4.78 is 5.27. The molecule has 1 atom stereocenters. The van der Waals surface area contributed by atoms with Crippen molar-refractivity contribution >= 4 is 5.91 Å². The molecule has 1 aromatic heterocycles. The smallest absolute Gasteiger partial charge is 0.253 e. The number of carbonyl (C=O) groups excluding carboxylic acids is 1. The van der Waals surface area contributed by atoms with E-state index in [-0.39, 0.29) is 5.91 Å². The maximum Gasteiger partial charge on any atom is 0.253 e. The largest absolute Gasteiger partial charge is 0.337 e. The van der Waals surface area contributed by atoms with Gasteiger partial charge in [-0.25, -0.2) is 0 Å². The summed E-state index contributed by atoms with van der Waals surface area (Å²) in [6.45, 7) is 3.70. The monoisotopic (exact) mass is 307 g/mol. The van der Waals surface area contributed by atoms with Crippen LogP contribution < -0.4 is 5.32 Å². The molecule has 1 unspecified atom stereocenters. The number of hydrogen-bond acceptors (Lipinski definition) is 4. The summed E-state index contributed by atoms with van der Waals surface area (Å²) in [7, 11) is 0. The number of carbonyl (C=O) groups is 1. The van der Waals surface area contributed by atoms with Crippen LogP contribution in [0.5, 0.6) is 0 Å². The summed E-state index contributed by atoms with van der Waals surface area (Å²) in [5.74, 6) is 0.721. The maximum atomic E-state index is 12.6. The Morgan fingerprint density at radius 2 is 1.87 bits per heavy atom. The van der Waals surface area contributed by atoms with E-state index in [0.717, 1.165) is 11.1 Å². The minimum absolute atomic E-state index is 0.182. The molecule has 0 saturated carbocycles. The van der Waals surface area contributed by atoms with E-state index in [2.05, 4.69) is 15.5 Å². The van der Waals surface area contributed by atoms with Crippen molar-refractivity contribution in [1.82, 2.24) is 15.5 Å². The summed E-state index contributed by atoms with van der Waals surface area (Å²) in [6, 6.07) is 16.5. The van der Waals surface area contributed by atoms with Crippen molar-refractivity contribution < 1.29 is 9.32 Å². The molecule has 0 spiro atoms. The van der Waals surface area contributed by atoms with Crippen LogP contribution in [0.2, 0.25) is 0 Å². The zero-order valence-corrected chi connectivity index (χ0v) is 13.0. The molecule has 5 heteroatoms. The summed E-state index contributed by atoms with van der Waals surface area (Å²) >= 11 is 0. The molecule has 1 N–H and O–H groups in total. The van der Waals surface area contributed by atoms with Crippen molar-refractivity contribution in [2.24, 2.45) is 0 Å². The molecule has 0 aliphatic heterocycles. The molecule has 23 heavy (non-hydrogen) atoms. The Kier molecular flexibility index (Phi) is 4.19. The van der Waals surface area contributed by atoms with E-state index in [1.54, 1.807) is 13.0 Å². The van der Waals surface area contributed by atoms with Gasteiger partial charge in [-0.2, -0.15) is 4.98 Å². The zero-order chi connectivity index (χ0) is 16.2. The van der Waals surface area contributed by atoms with Crippen LogP contribution in [0.25, 0.3) is 0 Å². The second-order valence-electron chi connectivity index (χ2n) is 5.37. The minimum atomic E-state index is -0.481. The van der Waals surface area contributed by atoms with E-state index < -0.39 is 6.04 Å². The van der Waals surface area contributed by atoms with Crippen LogP contribution in [0, 0.1) is 13.8 Å². The highest BCUT2D eigenvalue weighted by molar-refractivity contribution is 5.94. The van der Waals surface area contributed by atoms with Crippen LogP contribution in [-0.4, -0.2) is 16.0 Å². The number of rotatable bonds is 4. The van der Waals surface area contributed by atoms with Crippen LogP contribution in [0.1, 0.15) is 39.2 Å². The van der Waals surface area contributed by atoms with Gasteiger partial charge in [-0.15, -0.1) is 0 Å². The number of benzene rings is 2. The van der Waals surface area contributed by atoms with Gasteiger partial charge in [0.2, 0.25) is 0 Å². The van der Waals surface area contributed by atoms with Crippen molar-refractivity contribution in [3.05, 3.63) is 83.0 Å². The van der Waals surface area contributed by atoms with Gasteiger partial charge in [0.1, 0.15) is 6.04 Å². The Hall–Kier alpha value is -2.95. The molecule has 1 heterocycles. The molecule has 0 fully saturated rings. The van der Waals surface area contributed by atoms with Crippen molar-refractivity contribution in [1.29, 1.82) is 0 Å². The third-order valence-corrected chi connectivity index (χ3v) is 3.48. The molecule has 3 aromatic rings. The predicted molar refractivity (Wildman–Crippen MR) is 86.0 cm³/mol. The normalized spacial score (nSPS) is 11.9. The third-order valence-electron chi connectivity index (χ3n) is 3.48. The molecule has 0 radical (unpaired) electrons.